The summed E-state index contributed by atoms with van der Waals surface area (Å²) >= 11 is 6.08. The third kappa shape index (κ3) is 3.99. The highest BCUT2D eigenvalue weighted by Crippen LogP contribution is 2.45. The van der Waals surface area contributed by atoms with Gasteiger partial charge in [-0.25, -0.2) is 4.39 Å². The first kappa shape index (κ1) is 21.0. The molecule has 0 aliphatic carbocycles. The summed E-state index contributed by atoms with van der Waals surface area (Å²) < 4.78 is 14.0. The van der Waals surface area contributed by atoms with Gasteiger partial charge < -0.3 is 15.3 Å². The molecule has 0 aromatic heterocycles. The molecule has 2 N–H and O–H groups in total. The minimum absolute atomic E-state index is 0. The number of likely N-dealkylation sites (N-methyl/N-ethyl adjacent to an activating group) is 1. The molecule has 0 radical (unpaired) electrons. The molecule has 2 aromatic carbocycles. The second-order valence-electron chi connectivity index (χ2n) is 7.30. The molecule has 3 nitrogen and oxygen atoms in total. The monoisotopic (exact) mass is 398 g/mol. The van der Waals surface area contributed by atoms with E-state index in [1.165, 1.54) is 17.7 Å². The van der Waals surface area contributed by atoms with Crippen LogP contribution in [0.3, 0.4) is 0 Å². The van der Waals surface area contributed by atoms with Crippen LogP contribution in [0, 0.1) is 5.82 Å². The van der Waals surface area contributed by atoms with Crippen molar-refractivity contribution >= 4 is 29.7 Å². The van der Waals surface area contributed by atoms with E-state index in [4.69, 9.17) is 11.6 Å². The van der Waals surface area contributed by atoms with Gasteiger partial charge in [-0.15, -0.1) is 12.4 Å². The fraction of sp³-hybridized carbons (Fsp3) is 0.400. The number of aliphatic hydroxyl groups excluding tert-OH is 1. The molecule has 1 aliphatic heterocycles. The summed E-state index contributed by atoms with van der Waals surface area (Å²) in [4.78, 5) is 2.17. The standard InChI is InChI=1S/C20H24ClFN2O.ClH/c1-20(2)12-24(17-7-5-4-6-16(17)20)19(18(25)11-23-3)13-8-14(21)10-15(22)9-13;/h4-10,18-19,23,25H,11-12H2,1-3H3;1H/t18-,19+;/m1./s1. The molecule has 3 rings (SSSR count). The van der Waals surface area contributed by atoms with Gasteiger partial charge in [-0.1, -0.05) is 43.6 Å². The lowest BCUT2D eigenvalue weighted by molar-refractivity contribution is 0.140. The topological polar surface area (TPSA) is 35.5 Å². The second kappa shape index (κ2) is 8.13. The normalized spacial score (nSPS) is 17.4. The molecule has 1 aliphatic rings. The maximum atomic E-state index is 14.0. The number of nitrogens with zero attached hydrogens (tertiary/aromatic N) is 1. The largest absolute Gasteiger partial charge is 0.389 e. The van der Waals surface area contributed by atoms with Gasteiger partial charge >= 0.3 is 0 Å². The summed E-state index contributed by atoms with van der Waals surface area (Å²) in [5.41, 5.74) is 2.94. The van der Waals surface area contributed by atoms with Crippen LogP contribution < -0.4 is 10.2 Å². The Hall–Kier alpha value is -1.33. The van der Waals surface area contributed by atoms with E-state index < -0.39 is 11.9 Å². The van der Waals surface area contributed by atoms with Crippen LogP contribution in [0.2, 0.25) is 5.02 Å². The molecule has 6 heteroatoms. The van der Waals surface area contributed by atoms with Crippen LogP contribution in [-0.2, 0) is 5.41 Å². The Morgan fingerprint density at radius 2 is 1.96 bits per heavy atom. The first-order chi connectivity index (χ1) is 11.8. The van der Waals surface area contributed by atoms with E-state index >= 15 is 0 Å². The number of hydrogen-bond acceptors (Lipinski definition) is 3. The lowest BCUT2D eigenvalue weighted by atomic mass is 9.87. The zero-order valence-corrected chi connectivity index (χ0v) is 16.7. The zero-order valence-electron chi connectivity index (χ0n) is 15.2. The molecule has 0 spiro atoms. The van der Waals surface area contributed by atoms with Gasteiger partial charge in [0.25, 0.3) is 0 Å². The van der Waals surface area contributed by atoms with E-state index in [-0.39, 0.29) is 23.9 Å². The SMILES string of the molecule is CNC[C@@H](O)[C@H](c1cc(F)cc(Cl)c1)N1CC(C)(C)c2ccccc21.Cl. The van der Waals surface area contributed by atoms with Gasteiger partial charge in [-0.2, -0.15) is 0 Å². The summed E-state index contributed by atoms with van der Waals surface area (Å²) in [7, 11) is 1.79. The molecule has 2 aromatic rings. The molecule has 0 fully saturated rings. The zero-order chi connectivity index (χ0) is 18.2. The summed E-state index contributed by atoms with van der Waals surface area (Å²) in [6, 6.07) is 12.3. The molecule has 2 atom stereocenters. The Kier molecular flexibility index (Phi) is 6.56. The number of nitrogens with one attached hydrogen (secondary N) is 1. The fourth-order valence-corrected chi connectivity index (χ4v) is 4.05. The van der Waals surface area contributed by atoms with Gasteiger partial charge in [0.15, 0.2) is 0 Å². The predicted octanol–water partition coefficient (Wildman–Crippen LogP) is 4.32. The molecule has 0 saturated heterocycles. The minimum Gasteiger partial charge on any atom is -0.389 e. The highest BCUT2D eigenvalue weighted by Gasteiger charge is 2.40. The molecule has 0 bridgehead atoms. The van der Waals surface area contributed by atoms with Crippen molar-refractivity contribution in [1.29, 1.82) is 0 Å². The Morgan fingerprint density at radius 3 is 2.62 bits per heavy atom. The summed E-state index contributed by atoms with van der Waals surface area (Å²) in [6.45, 7) is 5.52. The van der Waals surface area contributed by atoms with Crippen LogP contribution in [-0.4, -0.2) is 31.3 Å². The first-order valence-corrected chi connectivity index (χ1v) is 8.86. The van der Waals surface area contributed by atoms with Crippen LogP contribution in [0.5, 0.6) is 0 Å². The van der Waals surface area contributed by atoms with E-state index in [0.717, 1.165) is 12.2 Å². The Labute approximate surface area is 165 Å². The smallest absolute Gasteiger partial charge is 0.125 e. The molecule has 0 amide bonds. The molecule has 0 unspecified atom stereocenters. The molecule has 142 valence electrons. The van der Waals surface area contributed by atoms with Gasteiger partial charge in [0.1, 0.15) is 5.82 Å². The Bertz CT molecular complexity index is 749. The quantitative estimate of drug-likeness (QED) is 0.786. The van der Waals surface area contributed by atoms with Crippen molar-refractivity contribution in [2.75, 3.05) is 25.0 Å². The maximum Gasteiger partial charge on any atom is 0.125 e. The number of halogens is 3. The lowest BCUT2D eigenvalue weighted by Gasteiger charge is -2.35. The summed E-state index contributed by atoms with van der Waals surface area (Å²) in [5.74, 6) is -0.393. The van der Waals surface area contributed by atoms with E-state index in [0.29, 0.717) is 17.1 Å². The maximum absolute atomic E-state index is 14.0. The predicted molar refractivity (Wildman–Crippen MR) is 108 cm³/mol. The number of fused-ring (bicyclic) bond motifs is 1. The van der Waals surface area contributed by atoms with Crippen molar-refractivity contribution in [3.05, 3.63) is 64.4 Å². The van der Waals surface area contributed by atoms with Gasteiger partial charge in [-0.05, 0) is 42.4 Å². The summed E-state index contributed by atoms with van der Waals surface area (Å²) in [6.07, 6.45) is -0.704. The van der Waals surface area contributed by atoms with Crippen molar-refractivity contribution in [2.45, 2.75) is 31.4 Å². The third-order valence-corrected chi connectivity index (χ3v) is 5.07. The van der Waals surface area contributed by atoms with Gasteiger partial charge in [0.05, 0.1) is 12.1 Å². The highest BCUT2D eigenvalue weighted by molar-refractivity contribution is 6.30. The first-order valence-electron chi connectivity index (χ1n) is 8.48. The Balaban J connectivity index is 0.00000243. The molecule has 26 heavy (non-hydrogen) atoms. The van der Waals surface area contributed by atoms with Gasteiger partial charge in [0, 0.05) is 29.2 Å². The molecule has 0 saturated carbocycles. The number of anilines is 1. The van der Waals surface area contributed by atoms with Crippen LogP contribution in [0.15, 0.2) is 42.5 Å². The average Bonchev–Trinajstić information content (AvgIpc) is 2.79. The number of para-hydroxylation sites is 1. The minimum atomic E-state index is -0.704. The number of hydrogen-bond donors (Lipinski definition) is 2. The molecule has 1 heterocycles. The number of aliphatic hydroxyl groups is 1. The van der Waals surface area contributed by atoms with Crippen molar-refractivity contribution in [3.8, 4) is 0 Å². The number of rotatable bonds is 5. The fourth-order valence-electron chi connectivity index (χ4n) is 3.82. The van der Waals surface area contributed by atoms with Crippen LogP contribution in [0.25, 0.3) is 0 Å². The van der Waals surface area contributed by atoms with Crippen LogP contribution >= 0.6 is 24.0 Å². The van der Waals surface area contributed by atoms with E-state index in [2.05, 4.69) is 36.2 Å². The lowest BCUT2D eigenvalue weighted by Crippen LogP contribution is -2.42. The number of benzene rings is 2. The van der Waals surface area contributed by atoms with Crippen molar-refractivity contribution in [1.82, 2.24) is 5.32 Å². The van der Waals surface area contributed by atoms with Gasteiger partial charge in [-0.3, -0.25) is 0 Å². The second-order valence-corrected chi connectivity index (χ2v) is 7.74. The highest BCUT2D eigenvalue weighted by atomic mass is 35.5. The van der Waals surface area contributed by atoms with E-state index in [1.807, 2.05) is 12.1 Å². The van der Waals surface area contributed by atoms with E-state index in [1.54, 1.807) is 13.1 Å². The third-order valence-electron chi connectivity index (χ3n) is 4.85. The average molecular weight is 399 g/mol. The molecular weight excluding hydrogens is 374 g/mol. The van der Waals surface area contributed by atoms with Crippen molar-refractivity contribution < 1.29 is 9.50 Å². The van der Waals surface area contributed by atoms with Crippen LogP contribution in [0.1, 0.15) is 31.0 Å². The Morgan fingerprint density at radius 1 is 1.27 bits per heavy atom. The summed E-state index contributed by atoms with van der Waals surface area (Å²) in [5, 5.41) is 14.2. The van der Waals surface area contributed by atoms with Gasteiger partial charge in [0.2, 0.25) is 0 Å². The van der Waals surface area contributed by atoms with Crippen molar-refractivity contribution in [3.63, 3.8) is 0 Å². The van der Waals surface area contributed by atoms with E-state index in [9.17, 15) is 9.50 Å². The van der Waals surface area contributed by atoms with Crippen molar-refractivity contribution in [2.24, 2.45) is 0 Å². The molecular formula is C20H25Cl2FN2O. The van der Waals surface area contributed by atoms with Crippen LogP contribution in [0.4, 0.5) is 10.1 Å².